The molecular formula is C24H24N2O3. The van der Waals surface area contributed by atoms with Crippen molar-refractivity contribution in [3.05, 3.63) is 71.3 Å². The molecule has 0 spiro atoms. The molecule has 0 aromatic heterocycles. The van der Waals surface area contributed by atoms with Gasteiger partial charge in [0.2, 0.25) is 11.8 Å². The average Bonchev–Trinajstić information content (AvgIpc) is 2.96. The van der Waals surface area contributed by atoms with E-state index in [1.807, 2.05) is 51.1 Å². The molecule has 1 fully saturated rings. The van der Waals surface area contributed by atoms with Gasteiger partial charge >= 0.3 is 0 Å². The summed E-state index contributed by atoms with van der Waals surface area (Å²) >= 11 is 0. The minimum atomic E-state index is -0.291. The molecule has 2 aliphatic rings. The van der Waals surface area contributed by atoms with Gasteiger partial charge in [0.05, 0.1) is 17.5 Å². The van der Waals surface area contributed by atoms with E-state index in [0.29, 0.717) is 17.7 Å². The number of aryl methyl sites for hydroxylation is 2. The second kappa shape index (κ2) is 7.32. The first-order valence-electron chi connectivity index (χ1n) is 9.90. The highest BCUT2D eigenvalue weighted by Gasteiger charge is 2.50. The Hall–Kier alpha value is -3.21. The molecule has 3 amide bonds. The van der Waals surface area contributed by atoms with Crippen LogP contribution < -0.4 is 10.2 Å². The lowest BCUT2D eigenvalue weighted by atomic mass is 9.78. The quantitative estimate of drug-likeness (QED) is 0.631. The van der Waals surface area contributed by atoms with Crippen LogP contribution in [-0.4, -0.2) is 17.7 Å². The Balaban J connectivity index is 1.52. The normalized spacial score (nSPS) is 23.3. The summed E-state index contributed by atoms with van der Waals surface area (Å²) in [4.78, 5) is 39.5. The van der Waals surface area contributed by atoms with E-state index in [9.17, 15) is 14.4 Å². The molecule has 1 N–H and O–H groups in total. The maximum atomic E-state index is 12.9. The summed E-state index contributed by atoms with van der Waals surface area (Å²) in [6.45, 7) is 5.99. The zero-order valence-electron chi connectivity index (χ0n) is 16.8. The molecule has 1 aliphatic heterocycles. The summed E-state index contributed by atoms with van der Waals surface area (Å²) in [5, 5.41) is 2.88. The van der Waals surface area contributed by atoms with Gasteiger partial charge in [0.15, 0.2) is 0 Å². The summed E-state index contributed by atoms with van der Waals surface area (Å²) in [6.07, 6.45) is 4.60. The molecule has 5 nitrogen and oxygen atoms in total. The number of hydrogen-bond donors (Lipinski definition) is 1. The molecule has 1 saturated heterocycles. The fourth-order valence-electron chi connectivity index (χ4n) is 4.19. The fourth-order valence-corrected chi connectivity index (χ4v) is 4.19. The Bertz CT molecular complexity index is 1020. The molecule has 4 rings (SSSR count). The molecule has 0 bridgehead atoms. The van der Waals surface area contributed by atoms with Gasteiger partial charge in [-0.3, -0.25) is 19.3 Å². The number of fused-ring (bicyclic) bond motifs is 1. The molecule has 5 heteroatoms. The van der Waals surface area contributed by atoms with Gasteiger partial charge in [-0.25, -0.2) is 0 Å². The lowest BCUT2D eigenvalue weighted by molar-refractivity contribution is -0.122. The van der Waals surface area contributed by atoms with Crippen molar-refractivity contribution < 1.29 is 14.4 Å². The van der Waals surface area contributed by atoms with E-state index in [1.54, 1.807) is 24.3 Å². The number of carbonyl (C=O) groups excluding carboxylic acids is 3. The summed E-state index contributed by atoms with van der Waals surface area (Å²) in [6, 6.07) is 12.4. The van der Waals surface area contributed by atoms with Crippen molar-refractivity contribution in [2.24, 2.45) is 17.8 Å². The molecular weight excluding hydrogens is 364 g/mol. The molecule has 29 heavy (non-hydrogen) atoms. The van der Waals surface area contributed by atoms with Crippen molar-refractivity contribution in [1.29, 1.82) is 0 Å². The molecule has 0 saturated carbocycles. The van der Waals surface area contributed by atoms with Crippen LogP contribution in [0.5, 0.6) is 0 Å². The van der Waals surface area contributed by atoms with Crippen LogP contribution in [0.25, 0.3) is 0 Å². The summed E-state index contributed by atoms with van der Waals surface area (Å²) in [7, 11) is 0. The van der Waals surface area contributed by atoms with E-state index in [-0.39, 0.29) is 35.5 Å². The topological polar surface area (TPSA) is 66.5 Å². The first-order valence-corrected chi connectivity index (χ1v) is 9.90. The minimum Gasteiger partial charge on any atom is -0.322 e. The highest BCUT2D eigenvalue weighted by atomic mass is 16.2. The van der Waals surface area contributed by atoms with E-state index >= 15 is 0 Å². The molecule has 0 radical (unpaired) electrons. The Morgan fingerprint density at radius 1 is 1.00 bits per heavy atom. The van der Waals surface area contributed by atoms with Crippen molar-refractivity contribution in [3.8, 4) is 0 Å². The molecule has 148 valence electrons. The number of benzene rings is 2. The number of hydrogen-bond acceptors (Lipinski definition) is 3. The Morgan fingerprint density at radius 2 is 1.72 bits per heavy atom. The van der Waals surface area contributed by atoms with Crippen LogP contribution in [0.3, 0.4) is 0 Å². The molecule has 1 heterocycles. The van der Waals surface area contributed by atoms with Crippen LogP contribution in [0.1, 0.15) is 34.8 Å². The van der Waals surface area contributed by atoms with E-state index in [0.717, 1.165) is 16.8 Å². The van der Waals surface area contributed by atoms with Crippen molar-refractivity contribution in [2.45, 2.75) is 27.2 Å². The maximum absolute atomic E-state index is 12.9. The van der Waals surface area contributed by atoms with Crippen LogP contribution >= 0.6 is 0 Å². The Labute approximate surface area is 170 Å². The number of imide groups is 1. The lowest BCUT2D eigenvalue weighted by Crippen LogP contribution is -2.31. The number of allylic oxidation sites excluding steroid dienone is 2. The third-order valence-electron chi connectivity index (χ3n) is 6.03. The van der Waals surface area contributed by atoms with E-state index < -0.39 is 0 Å². The van der Waals surface area contributed by atoms with Gasteiger partial charge in [-0.2, -0.15) is 0 Å². The van der Waals surface area contributed by atoms with Gasteiger partial charge in [0.25, 0.3) is 5.91 Å². The molecule has 1 aliphatic carbocycles. The predicted octanol–water partition coefficient (Wildman–Crippen LogP) is 4.26. The van der Waals surface area contributed by atoms with Gasteiger partial charge in [-0.15, -0.1) is 0 Å². The van der Waals surface area contributed by atoms with Gasteiger partial charge in [-0.1, -0.05) is 25.1 Å². The largest absolute Gasteiger partial charge is 0.322 e. The number of amides is 3. The number of rotatable bonds is 3. The first-order chi connectivity index (χ1) is 13.9. The fraction of sp³-hybridized carbons (Fsp3) is 0.292. The van der Waals surface area contributed by atoms with Crippen LogP contribution in [0.2, 0.25) is 0 Å². The van der Waals surface area contributed by atoms with E-state index in [4.69, 9.17) is 0 Å². The highest BCUT2D eigenvalue weighted by molar-refractivity contribution is 6.22. The van der Waals surface area contributed by atoms with Crippen molar-refractivity contribution in [1.82, 2.24) is 0 Å². The first kappa shape index (κ1) is 19.1. The smallest absolute Gasteiger partial charge is 0.255 e. The number of nitrogens with zero attached hydrogens (tertiary/aromatic N) is 1. The average molecular weight is 388 g/mol. The second-order valence-electron chi connectivity index (χ2n) is 7.97. The zero-order valence-corrected chi connectivity index (χ0v) is 16.8. The standard InChI is InChI=1S/C24H24N2O3/c1-14-7-10-18(13-16(14)3)25-22(27)17-8-11-19(12-9-17)26-23(28)20-6-4-5-15(2)21(20)24(26)29/h4-5,7-13,15,20-21H,6H2,1-3H3,(H,25,27)/t15-,20+,21-/m0/s1. The summed E-state index contributed by atoms with van der Waals surface area (Å²) < 4.78 is 0. The second-order valence-corrected chi connectivity index (χ2v) is 7.97. The van der Waals surface area contributed by atoms with Crippen molar-refractivity contribution >= 4 is 29.1 Å². The predicted molar refractivity (Wildman–Crippen MR) is 113 cm³/mol. The molecule has 2 aromatic rings. The number of nitrogens with one attached hydrogen (secondary N) is 1. The summed E-state index contributed by atoms with van der Waals surface area (Å²) in [5.74, 6) is -1.05. The third kappa shape index (κ3) is 3.37. The molecule has 3 atom stereocenters. The van der Waals surface area contributed by atoms with Crippen LogP contribution in [0.4, 0.5) is 11.4 Å². The Kier molecular flexibility index (Phi) is 4.82. The zero-order chi connectivity index (χ0) is 20.7. The number of anilines is 2. The van der Waals surface area contributed by atoms with Crippen molar-refractivity contribution in [2.75, 3.05) is 10.2 Å². The van der Waals surface area contributed by atoms with E-state index in [1.165, 1.54) is 4.90 Å². The molecule has 2 aromatic carbocycles. The third-order valence-corrected chi connectivity index (χ3v) is 6.03. The van der Waals surface area contributed by atoms with E-state index in [2.05, 4.69) is 5.32 Å². The molecule has 0 unspecified atom stereocenters. The van der Waals surface area contributed by atoms with Crippen LogP contribution in [-0.2, 0) is 9.59 Å². The van der Waals surface area contributed by atoms with Crippen LogP contribution in [0, 0.1) is 31.6 Å². The van der Waals surface area contributed by atoms with Gasteiger partial charge in [0, 0.05) is 11.3 Å². The Morgan fingerprint density at radius 3 is 2.38 bits per heavy atom. The summed E-state index contributed by atoms with van der Waals surface area (Å²) in [5.41, 5.74) is 3.99. The van der Waals surface area contributed by atoms with Gasteiger partial charge < -0.3 is 5.32 Å². The lowest BCUT2D eigenvalue weighted by Gasteiger charge is -2.22. The van der Waals surface area contributed by atoms with Gasteiger partial charge in [0.1, 0.15) is 0 Å². The van der Waals surface area contributed by atoms with Crippen molar-refractivity contribution in [3.63, 3.8) is 0 Å². The highest BCUT2D eigenvalue weighted by Crippen LogP contribution is 2.40. The van der Waals surface area contributed by atoms with Crippen LogP contribution in [0.15, 0.2) is 54.6 Å². The maximum Gasteiger partial charge on any atom is 0.255 e. The minimum absolute atomic E-state index is 0.0539. The monoisotopic (exact) mass is 388 g/mol. The SMILES string of the molecule is Cc1ccc(NC(=O)c2ccc(N3C(=O)[C@H]4[C@@H](C)C=CC[C@H]4C3=O)cc2)cc1C. The number of carbonyl (C=O) groups is 3. The van der Waals surface area contributed by atoms with Gasteiger partial charge in [-0.05, 0) is 73.7 Å².